The molecule has 1 saturated carbocycles. The zero-order valence-corrected chi connectivity index (χ0v) is 12.0. The van der Waals surface area contributed by atoms with Crippen LogP contribution in [0, 0.1) is 0 Å². The van der Waals surface area contributed by atoms with Crippen LogP contribution in [0.1, 0.15) is 36.4 Å². The first kappa shape index (κ1) is 14.1. The van der Waals surface area contributed by atoms with Crippen LogP contribution in [0.3, 0.4) is 0 Å². The average molecular weight is 284 g/mol. The predicted molar refractivity (Wildman–Crippen MR) is 76.4 cm³/mol. The van der Waals surface area contributed by atoms with Gasteiger partial charge in [0.05, 0.1) is 6.61 Å². The molecule has 1 amide bonds. The lowest BCUT2D eigenvalue weighted by Gasteiger charge is -2.25. The summed E-state index contributed by atoms with van der Waals surface area (Å²) >= 11 is 1.29. The summed E-state index contributed by atoms with van der Waals surface area (Å²) in [5.74, 6) is 0.102. The number of aliphatic hydroxyl groups excluding tert-OH is 1. The summed E-state index contributed by atoms with van der Waals surface area (Å²) in [7, 11) is 0. The van der Waals surface area contributed by atoms with Gasteiger partial charge in [-0.1, -0.05) is 11.3 Å². The van der Waals surface area contributed by atoms with Crippen molar-refractivity contribution in [2.45, 2.75) is 38.8 Å². The van der Waals surface area contributed by atoms with E-state index in [0.717, 1.165) is 12.8 Å². The lowest BCUT2D eigenvalue weighted by Crippen LogP contribution is -2.38. The van der Waals surface area contributed by atoms with Gasteiger partial charge in [-0.2, -0.15) is 0 Å². The number of rotatable bonds is 6. The molecule has 0 saturated heterocycles. The number of amides is 1. The number of carbonyl (C=O) groups is 1. The summed E-state index contributed by atoms with van der Waals surface area (Å²) in [6.45, 7) is 4.07. The molecule has 0 unspecified atom stereocenters. The van der Waals surface area contributed by atoms with Crippen molar-refractivity contribution >= 4 is 28.2 Å². The van der Waals surface area contributed by atoms with Crippen molar-refractivity contribution in [2.24, 2.45) is 0 Å². The summed E-state index contributed by atoms with van der Waals surface area (Å²) in [5, 5.41) is 13.0. The van der Waals surface area contributed by atoms with E-state index >= 15 is 0 Å². The predicted octanol–water partition coefficient (Wildman–Crippen LogP) is 1.14. The van der Waals surface area contributed by atoms with Crippen LogP contribution >= 0.6 is 11.3 Å². The Morgan fingerprint density at radius 1 is 1.63 bits per heavy atom. The standard InChI is InChI=1S/C12H20N4O2S/c1-7(2)16(5-6-17)11(18)9-10(13)15-12(19-9)14-8-3-4-8/h7-8,17H,3-6,13H2,1-2H3,(H,14,15). The summed E-state index contributed by atoms with van der Waals surface area (Å²) < 4.78 is 0. The number of hydrogen-bond donors (Lipinski definition) is 3. The van der Waals surface area contributed by atoms with Gasteiger partial charge in [0.2, 0.25) is 0 Å². The van der Waals surface area contributed by atoms with E-state index in [1.165, 1.54) is 11.3 Å². The van der Waals surface area contributed by atoms with Crippen molar-refractivity contribution in [3.63, 3.8) is 0 Å². The molecule has 19 heavy (non-hydrogen) atoms. The van der Waals surface area contributed by atoms with Crippen LogP contribution in [0.25, 0.3) is 0 Å². The van der Waals surface area contributed by atoms with Crippen LogP contribution in [0.4, 0.5) is 10.9 Å². The minimum atomic E-state index is -0.164. The summed E-state index contributed by atoms with van der Waals surface area (Å²) in [4.78, 5) is 18.6. The first-order chi connectivity index (χ1) is 9.02. The van der Waals surface area contributed by atoms with Crippen LogP contribution < -0.4 is 11.1 Å². The molecule has 0 spiro atoms. The lowest BCUT2D eigenvalue weighted by molar-refractivity contribution is 0.0671. The number of aromatic nitrogens is 1. The summed E-state index contributed by atoms with van der Waals surface area (Å²) in [6.07, 6.45) is 2.29. The van der Waals surface area contributed by atoms with Gasteiger partial charge in [-0.25, -0.2) is 4.98 Å². The van der Waals surface area contributed by atoms with Crippen LogP contribution in [0.2, 0.25) is 0 Å². The number of hydrogen-bond acceptors (Lipinski definition) is 6. The Labute approximate surface area is 116 Å². The minimum absolute atomic E-state index is 0.0148. The molecule has 0 aromatic carbocycles. The molecule has 0 aliphatic heterocycles. The Balaban J connectivity index is 2.14. The maximum absolute atomic E-state index is 12.4. The smallest absolute Gasteiger partial charge is 0.268 e. The van der Waals surface area contributed by atoms with E-state index in [1.54, 1.807) is 4.90 Å². The molecule has 0 radical (unpaired) electrons. The van der Waals surface area contributed by atoms with Gasteiger partial charge in [0.15, 0.2) is 5.13 Å². The Morgan fingerprint density at radius 3 is 2.84 bits per heavy atom. The zero-order valence-electron chi connectivity index (χ0n) is 11.2. The van der Waals surface area contributed by atoms with Crippen molar-refractivity contribution in [1.82, 2.24) is 9.88 Å². The number of thiazole rings is 1. The van der Waals surface area contributed by atoms with E-state index < -0.39 is 0 Å². The number of nitrogens with two attached hydrogens (primary N) is 1. The third-order valence-electron chi connectivity index (χ3n) is 2.98. The summed E-state index contributed by atoms with van der Waals surface area (Å²) in [5.41, 5.74) is 5.82. The number of nitrogens with zero attached hydrogens (tertiary/aromatic N) is 2. The molecule has 1 aliphatic rings. The highest BCUT2D eigenvalue weighted by Gasteiger charge is 2.26. The van der Waals surface area contributed by atoms with Crippen molar-refractivity contribution in [2.75, 3.05) is 24.2 Å². The second-order valence-corrected chi connectivity index (χ2v) is 5.97. The van der Waals surface area contributed by atoms with Crippen molar-refractivity contribution < 1.29 is 9.90 Å². The van der Waals surface area contributed by atoms with E-state index in [1.807, 2.05) is 13.8 Å². The van der Waals surface area contributed by atoms with Crippen molar-refractivity contribution in [3.8, 4) is 0 Å². The van der Waals surface area contributed by atoms with Gasteiger partial charge in [0.25, 0.3) is 5.91 Å². The van der Waals surface area contributed by atoms with E-state index in [-0.39, 0.29) is 24.4 Å². The van der Waals surface area contributed by atoms with Gasteiger partial charge in [-0.05, 0) is 26.7 Å². The average Bonchev–Trinajstić information content (AvgIpc) is 3.07. The normalized spacial score (nSPS) is 14.7. The van der Waals surface area contributed by atoms with Gasteiger partial charge >= 0.3 is 0 Å². The highest BCUT2D eigenvalue weighted by Crippen LogP contribution is 2.31. The molecule has 1 heterocycles. The van der Waals surface area contributed by atoms with Gasteiger partial charge in [0, 0.05) is 18.6 Å². The van der Waals surface area contributed by atoms with Gasteiger partial charge in [-0.15, -0.1) is 0 Å². The molecule has 7 heteroatoms. The third kappa shape index (κ3) is 3.36. The molecule has 1 aromatic heterocycles. The first-order valence-corrected chi connectivity index (χ1v) is 7.29. The van der Waals surface area contributed by atoms with Crippen LogP contribution in [0.5, 0.6) is 0 Å². The Bertz CT molecular complexity index is 457. The number of nitrogen functional groups attached to an aromatic ring is 1. The highest BCUT2D eigenvalue weighted by molar-refractivity contribution is 7.18. The maximum atomic E-state index is 12.4. The fraction of sp³-hybridized carbons (Fsp3) is 0.667. The van der Waals surface area contributed by atoms with Crippen LogP contribution in [-0.2, 0) is 0 Å². The topological polar surface area (TPSA) is 91.5 Å². The third-order valence-corrected chi connectivity index (χ3v) is 3.97. The quantitative estimate of drug-likeness (QED) is 0.728. The molecule has 1 aliphatic carbocycles. The number of nitrogens with one attached hydrogen (secondary N) is 1. The van der Waals surface area contributed by atoms with Gasteiger partial charge < -0.3 is 21.1 Å². The largest absolute Gasteiger partial charge is 0.395 e. The minimum Gasteiger partial charge on any atom is -0.395 e. The van der Waals surface area contributed by atoms with E-state index in [9.17, 15) is 4.79 Å². The monoisotopic (exact) mass is 284 g/mol. The highest BCUT2D eigenvalue weighted by atomic mass is 32.1. The van der Waals surface area contributed by atoms with Crippen LogP contribution in [-0.4, -0.2) is 46.1 Å². The lowest BCUT2D eigenvalue weighted by atomic mass is 10.3. The van der Waals surface area contributed by atoms with Crippen LogP contribution in [0.15, 0.2) is 0 Å². The molecular weight excluding hydrogens is 264 g/mol. The molecule has 0 bridgehead atoms. The van der Waals surface area contributed by atoms with Gasteiger partial charge in [-0.3, -0.25) is 4.79 Å². The molecule has 0 atom stereocenters. The Morgan fingerprint density at radius 2 is 2.32 bits per heavy atom. The number of anilines is 2. The summed E-state index contributed by atoms with van der Waals surface area (Å²) in [6, 6.07) is 0.494. The molecule has 6 nitrogen and oxygen atoms in total. The molecule has 4 N–H and O–H groups in total. The van der Waals surface area contributed by atoms with Gasteiger partial charge in [0.1, 0.15) is 10.7 Å². The fourth-order valence-electron chi connectivity index (χ4n) is 1.78. The maximum Gasteiger partial charge on any atom is 0.268 e. The SMILES string of the molecule is CC(C)N(CCO)C(=O)c1sc(NC2CC2)nc1N. The van der Waals surface area contributed by atoms with Crippen molar-refractivity contribution in [1.29, 1.82) is 0 Å². The fourth-order valence-corrected chi connectivity index (χ4v) is 2.70. The van der Waals surface area contributed by atoms with E-state index in [2.05, 4.69) is 10.3 Å². The van der Waals surface area contributed by atoms with E-state index in [4.69, 9.17) is 10.8 Å². The molecule has 1 aromatic rings. The van der Waals surface area contributed by atoms with Crippen molar-refractivity contribution in [3.05, 3.63) is 4.88 Å². The second kappa shape index (κ2) is 5.75. The van der Waals surface area contributed by atoms with E-state index in [0.29, 0.717) is 22.6 Å². The first-order valence-electron chi connectivity index (χ1n) is 6.47. The Kier molecular flexibility index (Phi) is 4.26. The molecule has 2 rings (SSSR count). The molecule has 1 fully saturated rings. The number of aliphatic hydroxyl groups is 1. The molecule has 106 valence electrons. The Hall–Kier alpha value is -1.34. The molecular formula is C12H20N4O2S. The zero-order chi connectivity index (χ0) is 14.0. The number of carbonyl (C=O) groups excluding carboxylic acids is 1. The second-order valence-electron chi connectivity index (χ2n) is 4.97.